The van der Waals surface area contributed by atoms with Crippen LogP contribution in [0.15, 0.2) is 144 Å². The second kappa shape index (κ2) is 13.4. The Kier molecular flexibility index (Phi) is 8.77. The van der Waals surface area contributed by atoms with Crippen LogP contribution >= 0.6 is 0 Å². The third kappa shape index (κ3) is 5.64. The molecule has 8 aromatic rings. The molecule has 3 aromatic heterocycles. The summed E-state index contributed by atoms with van der Waals surface area (Å²) < 4.78 is 13.5. The van der Waals surface area contributed by atoms with Crippen molar-refractivity contribution in [2.24, 2.45) is 0 Å². The Hall–Kier alpha value is -5.29. The Labute approximate surface area is 293 Å². The van der Waals surface area contributed by atoms with Gasteiger partial charge in [-0.25, -0.2) is 0 Å². The molecule has 4 nitrogen and oxygen atoms in total. The third-order valence-electron chi connectivity index (χ3n) is 8.68. The summed E-state index contributed by atoms with van der Waals surface area (Å²) in [7, 11) is 0. The van der Waals surface area contributed by atoms with Crippen molar-refractivity contribution in [3.63, 3.8) is 0 Å². The van der Waals surface area contributed by atoms with Crippen LogP contribution in [0.3, 0.4) is 0 Å². The first kappa shape index (κ1) is 31.3. The van der Waals surface area contributed by atoms with Crippen LogP contribution in [-0.2, 0) is 20.1 Å². The molecule has 1 aliphatic heterocycles. The molecular weight excluding hydrogens is 768 g/mol. The van der Waals surface area contributed by atoms with Crippen molar-refractivity contribution < 1.29 is 29.3 Å². The van der Waals surface area contributed by atoms with Crippen LogP contribution in [0.25, 0.3) is 44.3 Å². The number of aromatic nitrogens is 2. The summed E-state index contributed by atoms with van der Waals surface area (Å²) in [5.74, 6) is 1.65. The molecule has 6 heteroatoms. The number of fused-ring (bicyclic) bond motifs is 6. The van der Waals surface area contributed by atoms with Gasteiger partial charge in [0.1, 0.15) is 11.4 Å². The summed E-state index contributed by atoms with van der Waals surface area (Å²) in [5.41, 5.74) is 10.1. The zero-order valence-corrected chi connectivity index (χ0v) is 28.8. The van der Waals surface area contributed by atoms with Gasteiger partial charge in [-0.05, 0) is 43.2 Å². The Morgan fingerprint density at radius 1 is 0.667 bits per heavy atom. The monoisotopic (exact) mass is 797 g/mol. The fourth-order valence-corrected chi connectivity index (χ4v) is 6.55. The van der Waals surface area contributed by atoms with Crippen molar-refractivity contribution >= 4 is 45.0 Å². The average Bonchev–Trinajstić information content (AvgIpc) is 3.52. The van der Waals surface area contributed by atoms with Crippen LogP contribution in [0.4, 0.5) is 0 Å². The van der Waals surface area contributed by atoms with Gasteiger partial charge in [-0.3, -0.25) is 4.98 Å². The molecule has 1 aliphatic rings. The molecule has 9 rings (SSSR count). The van der Waals surface area contributed by atoms with Crippen LogP contribution in [0.5, 0.6) is 11.5 Å². The van der Waals surface area contributed by atoms with Gasteiger partial charge in [0.15, 0.2) is 5.75 Å². The minimum absolute atomic E-state index is 0. The fourth-order valence-electron chi connectivity index (χ4n) is 6.55. The number of pyridine rings is 2. The molecule has 0 amide bonds. The van der Waals surface area contributed by atoms with Gasteiger partial charge in [0.05, 0.1) is 5.58 Å². The first-order valence-electron chi connectivity index (χ1n) is 15.7. The van der Waals surface area contributed by atoms with E-state index >= 15 is 0 Å². The average molecular weight is 797 g/mol. The minimum atomic E-state index is -0.0705. The maximum absolute atomic E-state index is 6.82. The van der Waals surface area contributed by atoms with E-state index in [1.807, 2.05) is 72.8 Å². The van der Waals surface area contributed by atoms with Crippen LogP contribution in [0.2, 0.25) is 0 Å². The maximum atomic E-state index is 6.82. The summed E-state index contributed by atoms with van der Waals surface area (Å²) >= 11 is 0. The quantitative estimate of drug-likeness (QED) is 0.134. The van der Waals surface area contributed by atoms with Gasteiger partial charge in [0, 0.05) is 43.6 Å². The van der Waals surface area contributed by atoms with Gasteiger partial charge < -0.3 is 14.1 Å². The zero-order valence-electron chi connectivity index (χ0n) is 26.4. The number of rotatable bonds is 3. The molecule has 0 spiro atoms. The molecule has 0 aliphatic carbocycles. The van der Waals surface area contributed by atoms with Crippen molar-refractivity contribution in [2.75, 3.05) is 0 Å². The standard InChI is InChI=1S/C31H21BNO2.C11H8N.Ir/c1-19-10-9-11-20(2)28(19)32-24-14-5-6-16-26(24)34-30-27-22-13-4-3-12-21(22)18-23(29(27)35-31(30)32)25-15-7-8-17-33-25;1-2-6-10(7-3-1)11-8-4-5-9-12-11;/h3-17H,1-2H3;1-6,8-9H;/q2*-1;. The molecule has 0 N–H and O–H groups in total. The number of hydrogen-bond donors (Lipinski definition) is 0. The third-order valence-corrected chi connectivity index (χ3v) is 8.68. The molecule has 48 heavy (non-hydrogen) atoms. The number of aryl methyl sites for hydroxylation is 2. The van der Waals surface area contributed by atoms with E-state index in [9.17, 15) is 0 Å². The van der Waals surface area contributed by atoms with E-state index in [1.165, 1.54) is 16.6 Å². The van der Waals surface area contributed by atoms with Crippen molar-refractivity contribution in [1.82, 2.24) is 9.97 Å². The normalized spacial score (nSPS) is 11.5. The van der Waals surface area contributed by atoms with Crippen molar-refractivity contribution in [3.05, 3.63) is 163 Å². The Morgan fingerprint density at radius 3 is 2.08 bits per heavy atom. The number of nitrogens with zero attached hydrogens (tertiary/aromatic N) is 2. The second-order valence-electron chi connectivity index (χ2n) is 11.6. The predicted octanol–water partition coefficient (Wildman–Crippen LogP) is 8.23. The Morgan fingerprint density at radius 2 is 1.35 bits per heavy atom. The number of ether oxygens (including phenoxy) is 1. The minimum Gasteiger partial charge on any atom is -0.501 e. The molecule has 0 bridgehead atoms. The Balaban J connectivity index is 0.000000237. The van der Waals surface area contributed by atoms with Gasteiger partial charge in [-0.2, -0.15) is 0 Å². The van der Waals surface area contributed by atoms with Gasteiger partial charge in [0.2, 0.25) is 0 Å². The smallest absolute Gasteiger partial charge is 0.295 e. The summed E-state index contributed by atoms with van der Waals surface area (Å²) in [5, 5.41) is 3.04. The fraction of sp³-hybridized carbons (Fsp3) is 0.0476. The number of benzene rings is 5. The van der Waals surface area contributed by atoms with Crippen molar-refractivity contribution in [1.29, 1.82) is 0 Å². The molecule has 1 radical (unpaired) electrons. The Bertz CT molecular complexity index is 2300. The van der Waals surface area contributed by atoms with Crippen molar-refractivity contribution in [2.45, 2.75) is 13.8 Å². The van der Waals surface area contributed by atoms with Gasteiger partial charge in [0.25, 0.3) is 6.71 Å². The van der Waals surface area contributed by atoms with E-state index in [-0.39, 0.29) is 26.8 Å². The molecule has 0 atom stereocenters. The molecule has 0 saturated heterocycles. The van der Waals surface area contributed by atoms with E-state index in [2.05, 4.69) is 90.5 Å². The molecule has 5 aromatic carbocycles. The van der Waals surface area contributed by atoms with Crippen LogP contribution in [0, 0.1) is 26.0 Å². The summed E-state index contributed by atoms with van der Waals surface area (Å²) in [6.07, 6.45) is 3.59. The molecule has 0 unspecified atom stereocenters. The van der Waals surface area contributed by atoms with Crippen molar-refractivity contribution in [3.8, 4) is 34.0 Å². The molecule has 0 saturated carbocycles. The molecule has 0 fully saturated rings. The molecule has 233 valence electrons. The number of hydrogen-bond acceptors (Lipinski definition) is 4. The van der Waals surface area contributed by atoms with Crippen LogP contribution < -0.4 is 21.3 Å². The molecular formula is C42H29BIrN2O2-2. The van der Waals surface area contributed by atoms with Gasteiger partial charge in [-0.1, -0.05) is 106 Å². The first-order valence-corrected chi connectivity index (χ1v) is 15.7. The number of para-hydroxylation sites is 1. The van der Waals surface area contributed by atoms with E-state index in [0.29, 0.717) is 0 Å². The van der Waals surface area contributed by atoms with E-state index in [4.69, 9.17) is 9.15 Å². The number of furan rings is 1. The SMILES string of the molecule is Cc1cccc(C)c1B1c2ccccc2Oc2c1oc1c(-c3ccccn3)[c-]c3ccccc3c21.[Ir].[c-]1ccccc1-c1ccccn1. The van der Waals surface area contributed by atoms with E-state index in [0.717, 1.165) is 66.9 Å². The summed E-state index contributed by atoms with van der Waals surface area (Å²) in [4.78, 5) is 8.84. The van der Waals surface area contributed by atoms with Crippen LogP contribution in [0.1, 0.15) is 11.1 Å². The van der Waals surface area contributed by atoms with Gasteiger partial charge >= 0.3 is 0 Å². The summed E-state index contributed by atoms with van der Waals surface area (Å²) in [6, 6.07) is 49.3. The zero-order chi connectivity index (χ0) is 31.7. The first-order chi connectivity index (χ1) is 23.2. The molecule has 4 heterocycles. The van der Waals surface area contributed by atoms with E-state index < -0.39 is 0 Å². The summed E-state index contributed by atoms with van der Waals surface area (Å²) in [6.45, 7) is 4.27. The predicted molar refractivity (Wildman–Crippen MR) is 191 cm³/mol. The largest absolute Gasteiger partial charge is 0.501 e. The maximum Gasteiger partial charge on any atom is 0.295 e. The van der Waals surface area contributed by atoms with Gasteiger partial charge in [-0.15, -0.1) is 53.4 Å². The van der Waals surface area contributed by atoms with E-state index in [1.54, 1.807) is 12.4 Å². The van der Waals surface area contributed by atoms with Crippen LogP contribution in [-0.4, -0.2) is 16.7 Å². The second-order valence-corrected chi connectivity index (χ2v) is 11.6. The topological polar surface area (TPSA) is 48.2 Å².